The molecule has 0 saturated heterocycles. The van der Waals surface area contributed by atoms with E-state index in [9.17, 15) is 9.59 Å². The fraction of sp³-hybridized carbons (Fsp3) is 0.250. The minimum absolute atomic E-state index is 0.0192. The van der Waals surface area contributed by atoms with Crippen LogP contribution in [-0.2, 0) is 29.0 Å². The van der Waals surface area contributed by atoms with Crippen molar-refractivity contribution < 1.29 is 14.0 Å². The van der Waals surface area contributed by atoms with E-state index in [0.29, 0.717) is 25.9 Å². The number of carbonyl (C=O) groups excluding carboxylic acids is 2. The van der Waals surface area contributed by atoms with Gasteiger partial charge in [-0.05, 0) is 42.2 Å². The van der Waals surface area contributed by atoms with Crippen molar-refractivity contribution in [3.05, 3.63) is 113 Å². The van der Waals surface area contributed by atoms with Crippen LogP contribution in [0.5, 0.6) is 0 Å². The van der Waals surface area contributed by atoms with Gasteiger partial charge >= 0.3 is 0 Å². The average Bonchev–Trinajstić information content (AvgIpc) is 3.37. The molecule has 0 bridgehead atoms. The smallest absolute Gasteiger partial charge is 0.231 e. The van der Waals surface area contributed by atoms with E-state index in [1.54, 1.807) is 0 Å². The molecule has 188 valence electrons. The maximum absolute atomic E-state index is 13.0. The van der Waals surface area contributed by atoms with Crippen LogP contribution in [0.2, 0.25) is 0 Å². The molecule has 3 aromatic carbocycles. The van der Waals surface area contributed by atoms with Crippen LogP contribution in [0, 0.1) is 0 Å². The number of fused-ring (bicyclic) bond motifs is 1. The number of carbonyl (C=O) groups is 2. The zero-order chi connectivity index (χ0) is 25.6. The molecule has 0 radical (unpaired) electrons. The summed E-state index contributed by atoms with van der Waals surface area (Å²) in [5.41, 5.74) is 4.89. The van der Waals surface area contributed by atoms with Crippen molar-refractivity contribution in [1.82, 2.24) is 4.90 Å². The molecule has 0 spiro atoms. The van der Waals surface area contributed by atoms with Gasteiger partial charge in [0.1, 0.15) is 11.5 Å². The SMILES string of the molecule is CC[C@@H](C(=O)Nc1cccc(-c2cc3c(o2)CCN(C(=O)CCc2ccccc2)C3)c1)c1ccccc1. The third-order valence-corrected chi connectivity index (χ3v) is 7.03. The monoisotopic (exact) mass is 492 g/mol. The number of anilines is 1. The summed E-state index contributed by atoms with van der Waals surface area (Å²) in [7, 11) is 0. The molecule has 0 unspecified atom stereocenters. The number of amides is 2. The molecule has 5 heteroatoms. The summed E-state index contributed by atoms with van der Waals surface area (Å²) in [4.78, 5) is 27.8. The number of nitrogens with one attached hydrogen (secondary N) is 1. The number of hydrogen-bond acceptors (Lipinski definition) is 3. The largest absolute Gasteiger partial charge is 0.461 e. The fourth-order valence-corrected chi connectivity index (χ4v) is 4.98. The third kappa shape index (κ3) is 5.83. The van der Waals surface area contributed by atoms with Crippen LogP contribution in [0.4, 0.5) is 5.69 Å². The van der Waals surface area contributed by atoms with Gasteiger partial charge in [0, 0.05) is 42.7 Å². The second kappa shape index (κ2) is 11.3. The van der Waals surface area contributed by atoms with E-state index in [-0.39, 0.29) is 17.7 Å². The molecule has 0 saturated carbocycles. The lowest BCUT2D eigenvalue weighted by atomic mass is 9.95. The number of aryl methyl sites for hydroxylation is 1. The first kappa shape index (κ1) is 24.6. The second-order valence-electron chi connectivity index (χ2n) is 9.55. The molecule has 0 aliphatic carbocycles. The van der Waals surface area contributed by atoms with Crippen molar-refractivity contribution in [1.29, 1.82) is 0 Å². The highest BCUT2D eigenvalue weighted by Gasteiger charge is 2.24. The highest BCUT2D eigenvalue weighted by Crippen LogP contribution is 2.31. The maximum Gasteiger partial charge on any atom is 0.231 e. The van der Waals surface area contributed by atoms with E-state index in [1.165, 1.54) is 5.56 Å². The van der Waals surface area contributed by atoms with E-state index < -0.39 is 0 Å². The van der Waals surface area contributed by atoms with Gasteiger partial charge in [0.15, 0.2) is 0 Å². The molecule has 1 N–H and O–H groups in total. The first-order valence-corrected chi connectivity index (χ1v) is 13.0. The molecular formula is C32H32N2O3. The van der Waals surface area contributed by atoms with Crippen molar-refractivity contribution >= 4 is 17.5 Å². The molecule has 1 aliphatic heterocycles. The molecule has 1 aliphatic rings. The predicted molar refractivity (Wildman–Crippen MR) is 146 cm³/mol. The van der Waals surface area contributed by atoms with Gasteiger partial charge in [0.25, 0.3) is 0 Å². The van der Waals surface area contributed by atoms with E-state index >= 15 is 0 Å². The molecule has 2 amide bonds. The lowest BCUT2D eigenvalue weighted by molar-refractivity contribution is -0.132. The van der Waals surface area contributed by atoms with Crippen molar-refractivity contribution in [3.63, 3.8) is 0 Å². The second-order valence-corrected chi connectivity index (χ2v) is 9.55. The summed E-state index contributed by atoms with van der Waals surface area (Å²) in [6, 6.07) is 29.8. The molecule has 4 aromatic rings. The Labute approximate surface area is 218 Å². The van der Waals surface area contributed by atoms with Gasteiger partial charge in [-0.1, -0.05) is 79.7 Å². The lowest BCUT2D eigenvalue weighted by Gasteiger charge is -2.26. The van der Waals surface area contributed by atoms with Crippen LogP contribution in [0.15, 0.2) is 95.4 Å². The number of furan rings is 1. The molecule has 5 nitrogen and oxygen atoms in total. The first-order valence-electron chi connectivity index (χ1n) is 13.0. The highest BCUT2D eigenvalue weighted by atomic mass is 16.3. The van der Waals surface area contributed by atoms with Gasteiger partial charge in [-0.15, -0.1) is 0 Å². The zero-order valence-electron chi connectivity index (χ0n) is 21.2. The number of nitrogens with zero attached hydrogens (tertiary/aromatic N) is 1. The van der Waals surface area contributed by atoms with Gasteiger partial charge < -0.3 is 14.6 Å². The van der Waals surface area contributed by atoms with Crippen LogP contribution >= 0.6 is 0 Å². The van der Waals surface area contributed by atoms with Gasteiger partial charge in [0.2, 0.25) is 11.8 Å². The summed E-state index contributed by atoms with van der Waals surface area (Å²) < 4.78 is 6.20. The lowest BCUT2D eigenvalue weighted by Crippen LogP contribution is -2.35. The molecular weight excluding hydrogens is 460 g/mol. The Balaban J connectivity index is 1.24. The topological polar surface area (TPSA) is 62.6 Å². The standard InChI is InChI=1S/C32H32N2O3/c1-2-28(24-12-7-4-8-13-24)32(36)33-27-15-9-14-25(20-27)30-21-26-22-34(19-18-29(26)37-30)31(35)17-16-23-10-5-3-6-11-23/h3-15,20-21,28H,2,16-19,22H2,1H3,(H,33,36)/t28-/m1/s1. The van der Waals surface area contributed by atoms with Gasteiger partial charge in [-0.3, -0.25) is 9.59 Å². The predicted octanol–water partition coefficient (Wildman–Crippen LogP) is 6.60. The maximum atomic E-state index is 13.0. The van der Waals surface area contributed by atoms with Gasteiger partial charge in [-0.2, -0.15) is 0 Å². The van der Waals surface area contributed by atoms with E-state index in [2.05, 4.69) is 17.4 Å². The molecule has 2 heterocycles. The number of hydrogen-bond donors (Lipinski definition) is 1. The van der Waals surface area contributed by atoms with E-state index in [1.807, 2.05) is 90.7 Å². The molecule has 1 atom stereocenters. The Morgan fingerprint density at radius 1 is 0.946 bits per heavy atom. The van der Waals surface area contributed by atoms with Crippen LogP contribution in [0.1, 0.15) is 48.1 Å². The Morgan fingerprint density at radius 3 is 2.46 bits per heavy atom. The summed E-state index contributed by atoms with van der Waals surface area (Å²) in [6.45, 7) is 3.26. The summed E-state index contributed by atoms with van der Waals surface area (Å²) >= 11 is 0. The molecule has 37 heavy (non-hydrogen) atoms. The van der Waals surface area contributed by atoms with Crippen LogP contribution in [0.3, 0.4) is 0 Å². The molecule has 1 aromatic heterocycles. The van der Waals surface area contributed by atoms with Crippen LogP contribution in [0.25, 0.3) is 11.3 Å². The fourth-order valence-electron chi connectivity index (χ4n) is 4.98. The van der Waals surface area contributed by atoms with Gasteiger partial charge in [0.05, 0.1) is 5.92 Å². The minimum Gasteiger partial charge on any atom is -0.461 e. The Kier molecular flexibility index (Phi) is 7.50. The Bertz CT molecular complexity index is 1360. The number of benzene rings is 3. The van der Waals surface area contributed by atoms with Crippen LogP contribution < -0.4 is 5.32 Å². The van der Waals surface area contributed by atoms with Crippen molar-refractivity contribution in [2.75, 3.05) is 11.9 Å². The van der Waals surface area contributed by atoms with Crippen LogP contribution in [-0.4, -0.2) is 23.3 Å². The van der Waals surface area contributed by atoms with Crippen molar-refractivity contribution in [3.8, 4) is 11.3 Å². The van der Waals surface area contributed by atoms with Gasteiger partial charge in [-0.25, -0.2) is 0 Å². The van der Waals surface area contributed by atoms with Crippen molar-refractivity contribution in [2.45, 2.75) is 45.1 Å². The molecule has 5 rings (SSSR count). The zero-order valence-corrected chi connectivity index (χ0v) is 21.2. The quantitative estimate of drug-likeness (QED) is 0.302. The summed E-state index contributed by atoms with van der Waals surface area (Å²) in [6.07, 6.45) is 2.69. The average molecular weight is 493 g/mol. The van der Waals surface area contributed by atoms with Crippen molar-refractivity contribution in [2.24, 2.45) is 0 Å². The minimum atomic E-state index is -0.203. The Morgan fingerprint density at radius 2 is 1.70 bits per heavy atom. The first-order chi connectivity index (χ1) is 18.1. The number of rotatable bonds is 8. The normalized spacial score (nSPS) is 13.6. The third-order valence-electron chi connectivity index (χ3n) is 7.03. The van der Waals surface area contributed by atoms with E-state index in [4.69, 9.17) is 4.42 Å². The molecule has 0 fully saturated rings. The summed E-state index contributed by atoms with van der Waals surface area (Å²) in [5, 5.41) is 3.08. The Hall–Kier alpha value is -4.12. The summed E-state index contributed by atoms with van der Waals surface area (Å²) in [5.74, 6) is 1.65. The highest BCUT2D eigenvalue weighted by molar-refractivity contribution is 5.96. The van der Waals surface area contributed by atoms with E-state index in [0.717, 1.165) is 46.7 Å².